The van der Waals surface area contributed by atoms with Gasteiger partial charge < -0.3 is 15.1 Å². The first-order valence-electron chi connectivity index (χ1n) is 4.67. The first kappa shape index (κ1) is 9.24. The molecule has 2 N–H and O–H groups in total. The van der Waals surface area contributed by atoms with E-state index in [9.17, 15) is 0 Å². The van der Waals surface area contributed by atoms with Crippen LogP contribution in [0.4, 0.5) is 0 Å². The molecule has 0 aliphatic carbocycles. The maximum Gasteiger partial charge on any atom is 0.134 e. The van der Waals surface area contributed by atoms with Crippen molar-refractivity contribution in [3.8, 4) is 0 Å². The van der Waals surface area contributed by atoms with Gasteiger partial charge in [-0.1, -0.05) is 18.2 Å². The Morgan fingerprint density at radius 3 is 2.57 bits per heavy atom. The molecule has 0 spiro atoms. The Labute approximate surface area is 83.1 Å². The molecular formula is C11H14N2O. The molecule has 0 saturated carbocycles. The fraction of sp³-hybridized carbons (Fsp3) is 0.273. The van der Waals surface area contributed by atoms with Gasteiger partial charge in [0.05, 0.1) is 12.4 Å². The molecule has 0 bridgehead atoms. The summed E-state index contributed by atoms with van der Waals surface area (Å²) in [6, 6.07) is 8.03. The summed E-state index contributed by atoms with van der Waals surface area (Å²) in [5.74, 6) is 0. The summed E-state index contributed by atoms with van der Waals surface area (Å²) < 4.78 is 5.45. The molecule has 2 aromatic rings. The maximum atomic E-state index is 5.45. The van der Waals surface area contributed by atoms with E-state index in [4.69, 9.17) is 4.42 Å². The summed E-state index contributed by atoms with van der Waals surface area (Å²) in [5, 5.41) is 7.50. The zero-order valence-corrected chi connectivity index (χ0v) is 8.37. The highest BCUT2D eigenvalue weighted by Crippen LogP contribution is 2.24. The minimum Gasteiger partial charge on any atom is -0.464 e. The van der Waals surface area contributed by atoms with Gasteiger partial charge in [-0.3, -0.25) is 0 Å². The Morgan fingerprint density at radius 1 is 1.14 bits per heavy atom. The van der Waals surface area contributed by atoms with Crippen molar-refractivity contribution >= 4 is 11.0 Å². The van der Waals surface area contributed by atoms with E-state index in [1.807, 2.05) is 32.3 Å². The minimum absolute atomic E-state index is 0.138. The van der Waals surface area contributed by atoms with Gasteiger partial charge in [-0.25, -0.2) is 0 Å². The van der Waals surface area contributed by atoms with Crippen LogP contribution in [-0.2, 0) is 0 Å². The highest BCUT2D eigenvalue weighted by molar-refractivity contribution is 5.81. The van der Waals surface area contributed by atoms with Crippen LogP contribution in [0.25, 0.3) is 11.0 Å². The number of para-hydroxylation sites is 1. The van der Waals surface area contributed by atoms with E-state index in [0.717, 1.165) is 16.5 Å². The van der Waals surface area contributed by atoms with E-state index < -0.39 is 0 Å². The van der Waals surface area contributed by atoms with Crippen LogP contribution >= 0.6 is 0 Å². The zero-order chi connectivity index (χ0) is 9.97. The van der Waals surface area contributed by atoms with Crippen LogP contribution in [0.5, 0.6) is 0 Å². The van der Waals surface area contributed by atoms with Crippen LogP contribution in [0.1, 0.15) is 11.7 Å². The van der Waals surface area contributed by atoms with E-state index in [-0.39, 0.29) is 6.17 Å². The van der Waals surface area contributed by atoms with Crippen molar-refractivity contribution in [2.24, 2.45) is 0 Å². The molecule has 0 amide bonds. The van der Waals surface area contributed by atoms with Gasteiger partial charge in [0.25, 0.3) is 0 Å². The number of benzene rings is 1. The minimum atomic E-state index is 0.138. The van der Waals surface area contributed by atoms with E-state index in [1.54, 1.807) is 6.26 Å². The maximum absolute atomic E-state index is 5.45. The van der Waals surface area contributed by atoms with Crippen LogP contribution in [0.15, 0.2) is 34.9 Å². The van der Waals surface area contributed by atoms with Gasteiger partial charge in [0.1, 0.15) is 5.58 Å². The molecule has 0 radical (unpaired) electrons. The fourth-order valence-corrected chi connectivity index (χ4v) is 1.68. The molecule has 2 rings (SSSR count). The third-order valence-electron chi connectivity index (χ3n) is 2.40. The highest BCUT2D eigenvalue weighted by Gasteiger charge is 2.12. The van der Waals surface area contributed by atoms with Gasteiger partial charge in [-0.05, 0) is 20.2 Å². The Kier molecular flexibility index (Phi) is 2.52. The number of fused-ring (bicyclic) bond motifs is 1. The lowest BCUT2D eigenvalue weighted by Gasteiger charge is -2.13. The normalized spacial score (nSPS) is 11.4. The average molecular weight is 190 g/mol. The lowest BCUT2D eigenvalue weighted by molar-refractivity contribution is 0.510. The van der Waals surface area contributed by atoms with Gasteiger partial charge >= 0.3 is 0 Å². The molecule has 3 nitrogen and oxygen atoms in total. The van der Waals surface area contributed by atoms with Crippen molar-refractivity contribution in [1.82, 2.24) is 10.6 Å². The number of nitrogens with one attached hydrogen (secondary N) is 2. The molecule has 1 heterocycles. The number of hydrogen-bond donors (Lipinski definition) is 2. The van der Waals surface area contributed by atoms with Crippen LogP contribution in [0.3, 0.4) is 0 Å². The summed E-state index contributed by atoms with van der Waals surface area (Å²) in [4.78, 5) is 0. The number of furan rings is 1. The molecule has 0 atom stereocenters. The molecule has 0 unspecified atom stereocenters. The van der Waals surface area contributed by atoms with Crippen molar-refractivity contribution in [2.45, 2.75) is 6.17 Å². The lowest BCUT2D eigenvalue weighted by atomic mass is 10.1. The molecule has 1 aromatic carbocycles. The SMILES string of the molecule is CNC(NC)c1coc2ccccc12. The molecule has 3 heteroatoms. The molecule has 0 aliphatic heterocycles. The van der Waals surface area contributed by atoms with E-state index in [1.165, 1.54) is 0 Å². The molecule has 1 aromatic heterocycles. The molecule has 14 heavy (non-hydrogen) atoms. The van der Waals surface area contributed by atoms with Crippen molar-refractivity contribution in [3.63, 3.8) is 0 Å². The summed E-state index contributed by atoms with van der Waals surface area (Å²) in [6.07, 6.45) is 1.93. The Hall–Kier alpha value is -1.32. The standard InChI is InChI=1S/C11H14N2O/c1-12-11(13-2)9-7-14-10-6-4-3-5-8(9)10/h3-7,11-13H,1-2H3. The van der Waals surface area contributed by atoms with Crippen LogP contribution in [-0.4, -0.2) is 14.1 Å². The highest BCUT2D eigenvalue weighted by atomic mass is 16.3. The Morgan fingerprint density at radius 2 is 1.86 bits per heavy atom. The van der Waals surface area contributed by atoms with Crippen molar-refractivity contribution in [2.75, 3.05) is 14.1 Å². The van der Waals surface area contributed by atoms with Gasteiger partial charge in [-0.2, -0.15) is 0 Å². The summed E-state index contributed by atoms with van der Waals surface area (Å²) in [7, 11) is 3.84. The fourth-order valence-electron chi connectivity index (χ4n) is 1.68. The Bertz CT molecular complexity index is 418. The van der Waals surface area contributed by atoms with E-state index in [2.05, 4.69) is 16.7 Å². The molecule has 0 fully saturated rings. The van der Waals surface area contributed by atoms with Gasteiger partial charge in [0, 0.05) is 10.9 Å². The molecule has 0 saturated heterocycles. The largest absolute Gasteiger partial charge is 0.464 e. The average Bonchev–Trinajstić information content (AvgIpc) is 2.65. The first-order valence-corrected chi connectivity index (χ1v) is 4.67. The second kappa shape index (κ2) is 3.82. The number of rotatable bonds is 3. The third-order valence-corrected chi connectivity index (χ3v) is 2.40. The van der Waals surface area contributed by atoms with E-state index in [0.29, 0.717) is 0 Å². The van der Waals surface area contributed by atoms with Crippen LogP contribution in [0.2, 0.25) is 0 Å². The lowest BCUT2D eigenvalue weighted by Crippen LogP contribution is -2.28. The quantitative estimate of drug-likeness (QED) is 0.725. The number of hydrogen-bond acceptors (Lipinski definition) is 3. The van der Waals surface area contributed by atoms with E-state index >= 15 is 0 Å². The second-order valence-corrected chi connectivity index (χ2v) is 3.20. The zero-order valence-electron chi connectivity index (χ0n) is 8.37. The van der Waals surface area contributed by atoms with Gasteiger partial charge in [-0.15, -0.1) is 0 Å². The van der Waals surface area contributed by atoms with Gasteiger partial charge in [0.2, 0.25) is 0 Å². The van der Waals surface area contributed by atoms with Crippen molar-refractivity contribution < 1.29 is 4.42 Å². The summed E-state index contributed by atoms with van der Waals surface area (Å²) >= 11 is 0. The predicted octanol–water partition coefficient (Wildman–Crippen LogP) is 1.87. The molecule has 74 valence electrons. The predicted molar refractivity (Wildman–Crippen MR) is 57.1 cm³/mol. The molecule has 0 aliphatic rings. The topological polar surface area (TPSA) is 37.2 Å². The second-order valence-electron chi connectivity index (χ2n) is 3.20. The van der Waals surface area contributed by atoms with Gasteiger partial charge in [0.15, 0.2) is 0 Å². The Balaban J connectivity index is 2.51. The summed E-state index contributed by atoms with van der Waals surface area (Å²) in [6.45, 7) is 0. The molecular weight excluding hydrogens is 176 g/mol. The van der Waals surface area contributed by atoms with Crippen molar-refractivity contribution in [3.05, 3.63) is 36.1 Å². The smallest absolute Gasteiger partial charge is 0.134 e. The van der Waals surface area contributed by atoms with Crippen LogP contribution < -0.4 is 10.6 Å². The first-order chi connectivity index (χ1) is 6.86. The van der Waals surface area contributed by atoms with Crippen LogP contribution in [0, 0.1) is 0 Å². The van der Waals surface area contributed by atoms with Crippen molar-refractivity contribution in [1.29, 1.82) is 0 Å². The summed E-state index contributed by atoms with van der Waals surface area (Å²) in [5.41, 5.74) is 2.07. The third kappa shape index (κ3) is 1.41. The monoisotopic (exact) mass is 190 g/mol.